The van der Waals surface area contributed by atoms with Crippen LogP contribution in [-0.4, -0.2) is 0 Å². The van der Waals surface area contributed by atoms with Crippen LogP contribution in [0.2, 0.25) is 0 Å². The number of hydrogen-bond donors (Lipinski definition) is 0. The summed E-state index contributed by atoms with van der Waals surface area (Å²) < 4.78 is 0. The molecule has 2 aromatic carbocycles. The molecule has 0 radical (unpaired) electrons. The van der Waals surface area contributed by atoms with Gasteiger partial charge >= 0.3 is 0 Å². The van der Waals surface area contributed by atoms with Gasteiger partial charge in [-0.2, -0.15) is 0 Å². The summed E-state index contributed by atoms with van der Waals surface area (Å²) in [6.07, 6.45) is 0. The Kier molecular flexibility index (Phi) is 4.01. The molecule has 1 unspecified atom stereocenters. The van der Waals surface area contributed by atoms with Crippen LogP contribution in [0.25, 0.3) is 5.57 Å². The third-order valence-corrected chi connectivity index (χ3v) is 3.60. The summed E-state index contributed by atoms with van der Waals surface area (Å²) in [7, 11) is 0. The fourth-order valence-electron chi connectivity index (χ4n) is 2.09. The van der Waals surface area contributed by atoms with Crippen LogP contribution in [0.3, 0.4) is 0 Å². The first-order valence-corrected chi connectivity index (χ1v) is 6.59. The molecule has 0 fully saturated rings. The Morgan fingerprint density at radius 1 is 0.895 bits per heavy atom. The molecule has 0 N–H and O–H groups in total. The van der Waals surface area contributed by atoms with Crippen LogP contribution in [-0.2, 0) is 0 Å². The molecule has 2 aromatic rings. The van der Waals surface area contributed by atoms with E-state index in [1.165, 1.54) is 22.3 Å². The van der Waals surface area contributed by atoms with Crippen molar-refractivity contribution in [3.63, 3.8) is 0 Å². The fraction of sp³-hybridized carbons (Fsp3) is 0.158. The van der Waals surface area contributed by atoms with Crippen LogP contribution in [0.4, 0.5) is 0 Å². The Balaban J connectivity index is 2.34. The van der Waals surface area contributed by atoms with Crippen LogP contribution in [0.5, 0.6) is 0 Å². The molecular weight excluding hydrogens is 228 g/mol. The molecular formula is C19H20. The van der Waals surface area contributed by atoms with Gasteiger partial charge in [-0.3, -0.25) is 0 Å². The summed E-state index contributed by atoms with van der Waals surface area (Å²) >= 11 is 0. The molecule has 96 valence electrons. The Morgan fingerprint density at radius 3 is 2.16 bits per heavy atom. The molecule has 0 spiro atoms. The van der Waals surface area contributed by atoms with Crippen LogP contribution in [0.15, 0.2) is 73.3 Å². The van der Waals surface area contributed by atoms with Gasteiger partial charge in [-0.25, -0.2) is 0 Å². The normalized spacial score (nSPS) is 11.9. The van der Waals surface area contributed by atoms with E-state index in [2.05, 4.69) is 63.4 Å². The van der Waals surface area contributed by atoms with Gasteiger partial charge in [0.25, 0.3) is 0 Å². The molecule has 2 rings (SSSR count). The van der Waals surface area contributed by atoms with Gasteiger partial charge in [-0.05, 0) is 29.2 Å². The van der Waals surface area contributed by atoms with E-state index in [9.17, 15) is 0 Å². The molecule has 0 aromatic heterocycles. The van der Waals surface area contributed by atoms with E-state index in [4.69, 9.17) is 0 Å². The zero-order valence-electron chi connectivity index (χ0n) is 11.7. The zero-order valence-corrected chi connectivity index (χ0v) is 11.7. The molecule has 0 aliphatic rings. The van der Waals surface area contributed by atoms with Gasteiger partial charge in [0.2, 0.25) is 0 Å². The summed E-state index contributed by atoms with van der Waals surface area (Å²) in [6.45, 7) is 12.5. The smallest absolute Gasteiger partial charge is 0.00145 e. The van der Waals surface area contributed by atoms with Crippen molar-refractivity contribution in [3.8, 4) is 0 Å². The Hall–Kier alpha value is -2.08. The summed E-state index contributed by atoms with van der Waals surface area (Å²) in [5.41, 5.74) is 5.89. The Morgan fingerprint density at radius 2 is 1.53 bits per heavy atom. The van der Waals surface area contributed by atoms with Crippen molar-refractivity contribution in [1.82, 2.24) is 0 Å². The van der Waals surface area contributed by atoms with E-state index in [0.717, 1.165) is 5.57 Å². The molecule has 0 bridgehead atoms. The quantitative estimate of drug-likeness (QED) is 0.633. The van der Waals surface area contributed by atoms with Gasteiger partial charge in [0.15, 0.2) is 0 Å². The number of hydrogen-bond acceptors (Lipinski definition) is 0. The van der Waals surface area contributed by atoms with E-state index < -0.39 is 0 Å². The molecule has 0 heterocycles. The first kappa shape index (κ1) is 13.4. The Bertz CT molecular complexity index is 590. The second kappa shape index (κ2) is 5.71. The van der Waals surface area contributed by atoms with Crippen LogP contribution in [0, 0.1) is 0 Å². The largest absolute Gasteiger partial charge is 0.0995 e. The van der Waals surface area contributed by atoms with Gasteiger partial charge in [0.1, 0.15) is 0 Å². The van der Waals surface area contributed by atoms with Crippen molar-refractivity contribution in [2.75, 3.05) is 0 Å². The highest BCUT2D eigenvalue weighted by Gasteiger charge is 2.08. The maximum absolute atomic E-state index is 4.22. The SMILES string of the molecule is C=C(c1ccccc1)c1cccc(C(C)C(=C)C)c1. The lowest BCUT2D eigenvalue weighted by molar-refractivity contribution is 0.898. The van der Waals surface area contributed by atoms with Gasteiger partial charge in [0.05, 0.1) is 0 Å². The first-order valence-electron chi connectivity index (χ1n) is 6.59. The van der Waals surface area contributed by atoms with Crippen molar-refractivity contribution in [2.45, 2.75) is 19.8 Å². The van der Waals surface area contributed by atoms with Crippen molar-refractivity contribution in [3.05, 3.63) is 90.0 Å². The maximum Gasteiger partial charge on any atom is 0.00145 e. The minimum atomic E-state index is 0.378. The topological polar surface area (TPSA) is 0 Å². The first-order chi connectivity index (χ1) is 9.09. The predicted octanol–water partition coefficient (Wildman–Crippen LogP) is 5.43. The third-order valence-electron chi connectivity index (χ3n) is 3.60. The van der Waals surface area contributed by atoms with E-state index in [-0.39, 0.29) is 0 Å². The van der Waals surface area contributed by atoms with Crippen molar-refractivity contribution in [1.29, 1.82) is 0 Å². The van der Waals surface area contributed by atoms with Crippen LogP contribution >= 0.6 is 0 Å². The molecule has 1 atom stereocenters. The van der Waals surface area contributed by atoms with E-state index in [0.29, 0.717) is 5.92 Å². The lowest BCUT2D eigenvalue weighted by Crippen LogP contribution is -1.95. The number of rotatable bonds is 4. The predicted molar refractivity (Wildman–Crippen MR) is 84.2 cm³/mol. The summed E-state index contributed by atoms with van der Waals surface area (Å²) in [5.74, 6) is 0.378. The molecule has 0 nitrogen and oxygen atoms in total. The highest BCUT2D eigenvalue weighted by molar-refractivity contribution is 5.78. The van der Waals surface area contributed by atoms with E-state index >= 15 is 0 Å². The van der Waals surface area contributed by atoms with E-state index in [1.54, 1.807) is 0 Å². The Labute approximate surface area is 116 Å². The van der Waals surface area contributed by atoms with Gasteiger partial charge in [-0.1, -0.05) is 80.3 Å². The van der Waals surface area contributed by atoms with E-state index in [1.807, 2.05) is 18.2 Å². The lowest BCUT2D eigenvalue weighted by atomic mass is 9.91. The van der Waals surface area contributed by atoms with Gasteiger partial charge in [0, 0.05) is 5.92 Å². The van der Waals surface area contributed by atoms with Crippen LogP contribution in [0.1, 0.15) is 36.5 Å². The van der Waals surface area contributed by atoms with Crippen molar-refractivity contribution < 1.29 is 0 Å². The zero-order chi connectivity index (χ0) is 13.8. The summed E-state index contributed by atoms with van der Waals surface area (Å²) in [6, 6.07) is 18.9. The van der Waals surface area contributed by atoms with Gasteiger partial charge < -0.3 is 0 Å². The molecule has 0 aliphatic heterocycles. The number of allylic oxidation sites excluding steroid dienone is 1. The standard InChI is InChI=1S/C19H20/c1-14(2)15(3)18-11-8-12-19(13-18)16(4)17-9-6-5-7-10-17/h5-13,15H,1,4H2,2-3H3. The molecule has 0 heteroatoms. The second-order valence-electron chi connectivity index (χ2n) is 5.04. The lowest BCUT2D eigenvalue weighted by Gasteiger charge is -2.14. The highest BCUT2D eigenvalue weighted by atomic mass is 14.1. The summed E-state index contributed by atoms with van der Waals surface area (Å²) in [4.78, 5) is 0. The maximum atomic E-state index is 4.22. The second-order valence-corrected chi connectivity index (χ2v) is 5.04. The highest BCUT2D eigenvalue weighted by Crippen LogP contribution is 2.27. The molecule has 0 amide bonds. The number of benzene rings is 2. The average molecular weight is 248 g/mol. The third kappa shape index (κ3) is 3.03. The van der Waals surface area contributed by atoms with Crippen molar-refractivity contribution >= 4 is 5.57 Å². The van der Waals surface area contributed by atoms with Gasteiger partial charge in [-0.15, -0.1) is 0 Å². The van der Waals surface area contributed by atoms with Crippen LogP contribution < -0.4 is 0 Å². The monoisotopic (exact) mass is 248 g/mol. The minimum Gasteiger partial charge on any atom is -0.0995 e. The molecule has 0 saturated heterocycles. The molecule has 0 aliphatic carbocycles. The average Bonchev–Trinajstić information content (AvgIpc) is 2.46. The minimum absolute atomic E-state index is 0.378. The molecule has 0 saturated carbocycles. The van der Waals surface area contributed by atoms with Crippen molar-refractivity contribution in [2.24, 2.45) is 0 Å². The summed E-state index contributed by atoms with van der Waals surface area (Å²) in [5, 5.41) is 0. The fourth-order valence-corrected chi connectivity index (χ4v) is 2.09. The molecule has 19 heavy (non-hydrogen) atoms.